The molecule has 3 rings (SSSR count). The molecule has 1 aliphatic rings. The number of nitriles is 1. The van der Waals surface area contributed by atoms with Crippen molar-refractivity contribution in [2.75, 3.05) is 18.5 Å². The number of ether oxygens (including phenoxy) is 1. The van der Waals surface area contributed by atoms with Crippen molar-refractivity contribution in [1.29, 1.82) is 5.26 Å². The molecule has 2 amide bonds. The second kappa shape index (κ2) is 13.7. The summed E-state index contributed by atoms with van der Waals surface area (Å²) in [5.74, 6) is -0.610. The van der Waals surface area contributed by atoms with Crippen LogP contribution < -0.4 is 16.0 Å². The Morgan fingerprint density at radius 2 is 1.86 bits per heavy atom. The topological polar surface area (TPSA) is 133 Å². The summed E-state index contributed by atoms with van der Waals surface area (Å²) in [7, 11) is 0. The highest BCUT2D eigenvalue weighted by Crippen LogP contribution is 2.30. The van der Waals surface area contributed by atoms with Crippen molar-refractivity contribution in [2.45, 2.75) is 65.0 Å². The number of hydrogen-bond donors (Lipinski definition) is 3. The third kappa shape index (κ3) is 8.29. The van der Waals surface area contributed by atoms with Crippen LogP contribution in [0.2, 0.25) is 0 Å². The molecule has 0 aliphatic heterocycles. The van der Waals surface area contributed by atoms with Crippen LogP contribution in [-0.4, -0.2) is 48.0 Å². The smallest absolute Gasteiger partial charge is 0.308 e. The average Bonchev–Trinajstić information content (AvgIpc) is 3.35. The summed E-state index contributed by atoms with van der Waals surface area (Å²) < 4.78 is 5.15. The number of hydrogen-bond acceptors (Lipinski definition) is 8. The zero-order valence-corrected chi connectivity index (χ0v) is 22.4. The van der Waals surface area contributed by atoms with Crippen LogP contribution in [0.25, 0.3) is 11.3 Å². The zero-order valence-electron chi connectivity index (χ0n) is 21.6. The molecule has 0 spiro atoms. The molecular formula is C27H35N5O4S. The van der Waals surface area contributed by atoms with Gasteiger partial charge in [0.25, 0.3) is 5.91 Å². The average molecular weight is 526 g/mol. The maximum absolute atomic E-state index is 12.8. The quantitative estimate of drug-likeness (QED) is 0.297. The van der Waals surface area contributed by atoms with Gasteiger partial charge in [0.1, 0.15) is 12.6 Å². The maximum atomic E-state index is 12.8. The first-order chi connectivity index (χ1) is 17.8. The summed E-state index contributed by atoms with van der Waals surface area (Å²) in [4.78, 5) is 41.8. The van der Waals surface area contributed by atoms with Crippen molar-refractivity contribution in [2.24, 2.45) is 11.8 Å². The summed E-state index contributed by atoms with van der Waals surface area (Å²) >= 11 is 1.53. The van der Waals surface area contributed by atoms with Gasteiger partial charge in [0.2, 0.25) is 5.91 Å². The molecule has 198 valence electrons. The number of thiazole rings is 1. The Balaban J connectivity index is 1.56. The molecule has 37 heavy (non-hydrogen) atoms. The number of anilines is 1. The molecule has 0 radical (unpaired) electrons. The molecule has 1 aliphatic carbocycles. The molecule has 1 heterocycles. The maximum Gasteiger partial charge on any atom is 0.308 e. The van der Waals surface area contributed by atoms with Crippen LogP contribution in [0.15, 0.2) is 29.6 Å². The van der Waals surface area contributed by atoms with E-state index in [0.717, 1.165) is 42.1 Å². The first-order valence-corrected chi connectivity index (χ1v) is 13.6. The van der Waals surface area contributed by atoms with E-state index in [1.54, 1.807) is 12.1 Å². The van der Waals surface area contributed by atoms with Crippen molar-refractivity contribution < 1.29 is 19.1 Å². The van der Waals surface area contributed by atoms with E-state index < -0.39 is 6.04 Å². The van der Waals surface area contributed by atoms with Crippen LogP contribution in [-0.2, 0) is 14.3 Å². The van der Waals surface area contributed by atoms with Crippen LogP contribution in [0.5, 0.6) is 0 Å². The van der Waals surface area contributed by atoms with Gasteiger partial charge < -0.3 is 20.7 Å². The Labute approximate surface area is 222 Å². The molecule has 10 heteroatoms. The number of nitrogens with one attached hydrogen (secondary N) is 3. The number of carbonyl (C=O) groups excluding carboxylic acids is 3. The van der Waals surface area contributed by atoms with Crippen molar-refractivity contribution in [3.05, 3.63) is 35.2 Å². The highest BCUT2D eigenvalue weighted by molar-refractivity contribution is 7.14. The van der Waals surface area contributed by atoms with Gasteiger partial charge >= 0.3 is 5.97 Å². The fourth-order valence-corrected chi connectivity index (χ4v) is 5.17. The minimum absolute atomic E-state index is 0.00634. The van der Waals surface area contributed by atoms with Gasteiger partial charge in [-0.1, -0.05) is 26.0 Å². The molecule has 1 saturated carbocycles. The van der Waals surface area contributed by atoms with Crippen molar-refractivity contribution in [1.82, 2.24) is 15.6 Å². The molecule has 9 nitrogen and oxygen atoms in total. The number of rotatable bonds is 11. The van der Waals surface area contributed by atoms with Gasteiger partial charge in [-0.05, 0) is 57.1 Å². The largest absolute Gasteiger partial charge is 0.466 e. The number of amides is 2. The number of carbonyl (C=O) groups is 3. The van der Waals surface area contributed by atoms with Crippen LogP contribution in [0.4, 0.5) is 5.13 Å². The SMILES string of the molecule is CCOC(=O)C1CCC(Nc2nc(-c3ccc(C(=O)NC(CC(C)C)C(=O)NCC#N)cc3)cs2)CC1. The lowest BCUT2D eigenvalue weighted by molar-refractivity contribution is -0.149. The Hall–Kier alpha value is -3.45. The van der Waals surface area contributed by atoms with Crippen molar-refractivity contribution >= 4 is 34.3 Å². The highest BCUT2D eigenvalue weighted by atomic mass is 32.1. The zero-order chi connectivity index (χ0) is 26.8. The van der Waals surface area contributed by atoms with Crippen LogP contribution in [0.1, 0.15) is 63.2 Å². The van der Waals surface area contributed by atoms with Crippen molar-refractivity contribution in [3.63, 3.8) is 0 Å². The molecule has 1 unspecified atom stereocenters. The molecule has 0 bridgehead atoms. The van der Waals surface area contributed by atoms with Gasteiger partial charge in [-0.2, -0.15) is 5.26 Å². The second-order valence-corrected chi connectivity index (χ2v) is 10.4. The van der Waals surface area contributed by atoms with E-state index in [2.05, 4.69) is 16.0 Å². The fraction of sp³-hybridized carbons (Fsp3) is 0.519. The number of esters is 1. The van der Waals surface area contributed by atoms with Gasteiger partial charge in [-0.3, -0.25) is 14.4 Å². The molecule has 2 aromatic rings. The fourth-order valence-electron chi connectivity index (χ4n) is 4.37. The highest BCUT2D eigenvalue weighted by Gasteiger charge is 2.27. The minimum atomic E-state index is -0.708. The molecule has 1 aromatic carbocycles. The molecular weight excluding hydrogens is 490 g/mol. The minimum Gasteiger partial charge on any atom is -0.466 e. The predicted octanol–water partition coefficient (Wildman–Crippen LogP) is 4.13. The Kier molecular flexibility index (Phi) is 10.4. The standard InChI is InChI=1S/C27H35N5O4S/c1-4-36-26(35)20-9-11-21(12-10-20)30-27-32-23(16-37-27)18-5-7-19(8-6-18)24(33)31-22(15-17(2)3)25(34)29-14-13-28/h5-8,16-17,20-22H,4,9-12,14-15H2,1-3H3,(H,29,34)(H,30,32)(H,31,33). The van der Waals surface area contributed by atoms with E-state index in [0.29, 0.717) is 18.6 Å². The van der Waals surface area contributed by atoms with E-state index in [-0.39, 0.29) is 42.2 Å². The van der Waals surface area contributed by atoms with Crippen LogP contribution in [0.3, 0.4) is 0 Å². The molecule has 0 saturated heterocycles. The summed E-state index contributed by atoms with van der Waals surface area (Å²) in [6, 6.07) is 8.56. The van der Waals surface area contributed by atoms with E-state index >= 15 is 0 Å². The molecule has 1 aromatic heterocycles. The summed E-state index contributed by atoms with van der Waals surface area (Å²) in [5.41, 5.74) is 2.14. The number of aromatic nitrogens is 1. The first kappa shape index (κ1) is 28.1. The Bertz CT molecular complexity index is 1100. The van der Waals surface area contributed by atoms with Gasteiger partial charge in [0.05, 0.1) is 24.3 Å². The second-order valence-electron chi connectivity index (χ2n) is 9.59. The molecule has 1 atom stereocenters. The van der Waals surface area contributed by atoms with E-state index in [4.69, 9.17) is 15.0 Å². The summed E-state index contributed by atoms with van der Waals surface area (Å²) in [5, 5.41) is 20.3. The molecule has 1 fully saturated rings. The van der Waals surface area contributed by atoms with Gasteiger partial charge in [0, 0.05) is 22.5 Å². The van der Waals surface area contributed by atoms with Gasteiger partial charge in [0.15, 0.2) is 5.13 Å². The lowest BCUT2D eigenvalue weighted by Crippen LogP contribution is -2.47. The third-order valence-electron chi connectivity index (χ3n) is 6.29. The normalized spacial score (nSPS) is 17.9. The van der Waals surface area contributed by atoms with Crippen LogP contribution in [0, 0.1) is 23.2 Å². The Morgan fingerprint density at radius 1 is 1.16 bits per heavy atom. The van der Waals surface area contributed by atoms with E-state index in [1.807, 2.05) is 44.4 Å². The van der Waals surface area contributed by atoms with E-state index in [1.165, 1.54) is 11.3 Å². The lowest BCUT2D eigenvalue weighted by Gasteiger charge is -2.27. The summed E-state index contributed by atoms with van der Waals surface area (Å²) in [6.45, 7) is 6.09. The monoisotopic (exact) mass is 525 g/mol. The van der Waals surface area contributed by atoms with E-state index in [9.17, 15) is 14.4 Å². The first-order valence-electron chi connectivity index (χ1n) is 12.7. The molecule has 3 N–H and O–H groups in total. The third-order valence-corrected chi connectivity index (χ3v) is 7.07. The van der Waals surface area contributed by atoms with Crippen LogP contribution >= 0.6 is 11.3 Å². The Morgan fingerprint density at radius 3 is 2.49 bits per heavy atom. The number of nitrogens with zero attached hydrogens (tertiary/aromatic N) is 2. The lowest BCUT2D eigenvalue weighted by atomic mass is 9.86. The number of benzene rings is 1. The van der Waals surface area contributed by atoms with Gasteiger partial charge in [-0.25, -0.2) is 4.98 Å². The van der Waals surface area contributed by atoms with Crippen molar-refractivity contribution in [3.8, 4) is 17.3 Å². The van der Waals surface area contributed by atoms with Gasteiger partial charge in [-0.15, -0.1) is 11.3 Å². The summed E-state index contributed by atoms with van der Waals surface area (Å²) in [6.07, 6.45) is 3.90. The predicted molar refractivity (Wildman–Crippen MR) is 143 cm³/mol.